The minimum atomic E-state index is -3.25. The third-order valence-corrected chi connectivity index (χ3v) is 13.7. The minimum Gasteiger partial charge on any atom is -0.510 e. The molecule has 39 heavy (non-hydrogen) atoms. The van der Waals surface area contributed by atoms with Gasteiger partial charge in [-0.05, 0) is 42.3 Å². The number of nitrogens with two attached hydrogens (primary N) is 2. The Balaban J connectivity index is 1.92. The van der Waals surface area contributed by atoms with Gasteiger partial charge in [0.15, 0.2) is 11.4 Å². The van der Waals surface area contributed by atoms with Gasteiger partial charge in [0.1, 0.15) is 22.8 Å². The maximum atomic E-state index is 14.4. The number of carbonyl (C=O) groups excluding carboxylic acids is 3. The van der Waals surface area contributed by atoms with Gasteiger partial charge < -0.3 is 30.5 Å². The van der Waals surface area contributed by atoms with Crippen LogP contribution in [0.25, 0.3) is 10.8 Å². The highest BCUT2D eigenvalue weighted by atomic mass is 28.4. The molecule has 1 heterocycles. The Morgan fingerprint density at radius 1 is 1.05 bits per heavy atom. The van der Waals surface area contributed by atoms with Gasteiger partial charge in [0.2, 0.25) is 5.78 Å². The molecule has 0 radical (unpaired) electrons. The number of hydrogen-bond acceptors (Lipinski definition) is 8. The first-order chi connectivity index (χ1) is 17.8. The zero-order valence-electron chi connectivity index (χ0n) is 23.6. The first-order valence-electron chi connectivity index (χ1n) is 13.1. The monoisotopic (exact) mass is 552 g/mol. The lowest BCUT2D eigenvalue weighted by molar-refractivity contribution is -0.127. The lowest BCUT2D eigenvalue weighted by Crippen LogP contribution is -2.65. The molecule has 3 atom stereocenters. The van der Waals surface area contributed by atoms with Crippen molar-refractivity contribution in [2.45, 2.75) is 83.5 Å². The minimum absolute atomic E-state index is 0.00235. The number of hydrogen-bond donors (Lipinski definition) is 4. The molecule has 0 unspecified atom stereocenters. The summed E-state index contributed by atoms with van der Waals surface area (Å²) >= 11 is 0. The van der Waals surface area contributed by atoms with Crippen LogP contribution < -0.4 is 20.3 Å². The Bertz CT molecular complexity index is 1530. The van der Waals surface area contributed by atoms with E-state index in [1.807, 2.05) is 26.0 Å². The van der Waals surface area contributed by atoms with Crippen molar-refractivity contribution in [1.29, 1.82) is 0 Å². The fourth-order valence-electron chi connectivity index (χ4n) is 6.90. The second-order valence-corrected chi connectivity index (χ2v) is 17.8. The maximum absolute atomic E-state index is 14.4. The topological polar surface area (TPSA) is 162 Å². The quantitative estimate of drug-likeness (QED) is 0.308. The van der Waals surface area contributed by atoms with E-state index in [1.165, 1.54) is 0 Å². The number of aliphatic hydroxyl groups excluding tert-OH is 1. The molecule has 3 aliphatic rings. The smallest absolute Gasteiger partial charge is 0.471 e. The highest BCUT2D eigenvalue weighted by molar-refractivity contribution is 6.75. The summed E-state index contributed by atoms with van der Waals surface area (Å²) in [4.78, 5) is 39.5. The van der Waals surface area contributed by atoms with Crippen molar-refractivity contribution in [2.75, 3.05) is 0 Å². The van der Waals surface area contributed by atoms with Crippen molar-refractivity contribution in [2.24, 2.45) is 17.4 Å². The molecule has 9 nitrogen and oxygen atoms in total. The van der Waals surface area contributed by atoms with Crippen LogP contribution in [0.1, 0.15) is 68.6 Å². The number of carbonyl (C=O) groups is 3. The second kappa shape index (κ2) is 7.93. The van der Waals surface area contributed by atoms with Crippen molar-refractivity contribution in [3.05, 3.63) is 45.7 Å². The van der Waals surface area contributed by atoms with Crippen LogP contribution >= 0.6 is 0 Å². The predicted molar refractivity (Wildman–Crippen MR) is 148 cm³/mol. The number of aliphatic hydroxyl groups is 2. The van der Waals surface area contributed by atoms with E-state index in [-0.39, 0.29) is 12.0 Å². The Morgan fingerprint density at radius 3 is 2.15 bits per heavy atom. The van der Waals surface area contributed by atoms with Crippen molar-refractivity contribution in [3.63, 3.8) is 0 Å². The first kappa shape index (κ1) is 27.4. The lowest BCUT2D eigenvalue weighted by Gasteiger charge is -2.52. The third kappa shape index (κ3) is 3.22. The van der Waals surface area contributed by atoms with E-state index in [0.29, 0.717) is 22.4 Å². The van der Waals surface area contributed by atoms with Crippen LogP contribution in [0, 0.1) is 19.8 Å². The van der Waals surface area contributed by atoms with Crippen LogP contribution in [0.3, 0.4) is 0 Å². The van der Waals surface area contributed by atoms with Gasteiger partial charge in [-0.3, -0.25) is 14.4 Å². The number of primary amides is 1. The molecule has 0 aromatic heterocycles. The Hall–Kier alpha value is -3.21. The summed E-state index contributed by atoms with van der Waals surface area (Å²) in [5, 5.41) is 23.5. The van der Waals surface area contributed by atoms with Crippen LogP contribution in [0.15, 0.2) is 23.5 Å². The Labute approximate surface area is 228 Å². The number of Topliss-reactive ketones (excluding diaryl/α,β-unsaturated/α-hetero) is 2. The van der Waals surface area contributed by atoms with Crippen molar-refractivity contribution in [3.8, 4) is 11.5 Å². The summed E-state index contributed by atoms with van der Waals surface area (Å²) in [6.45, 7) is 16.1. The maximum Gasteiger partial charge on any atom is 0.471 e. The number of fused-ring (bicyclic) bond motifs is 3. The number of ketones is 2. The average Bonchev–Trinajstić information content (AvgIpc) is 2.81. The molecular formula is C29H36N2O7Si. The van der Waals surface area contributed by atoms with E-state index in [4.69, 9.17) is 20.3 Å². The van der Waals surface area contributed by atoms with E-state index in [0.717, 1.165) is 16.5 Å². The average molecular weight is 553 g/mol. The number of amides is 1. The Kier molecular flexibility index (Phi) is 5.56. The number of benzene rings is 2. The fourth-order valence-corrected chi connectivity index (χ4v) is 11.5. The van der Waals surface area contributed by atoms with Crippen molar-refractivity contribution in [1.82, 2.24) is 0 Å². The largest absolute Gasteiger partial charge is 0.510 e. The second-order valence-electron chi connectivity index (χ2n) is 13.1. The van der Waals surface area contributed by atoms with Crippen LogP contribution in [0.2, 0.25) is 10.1 Å². The summed E-state index contributed by atoms with van der Waals surface area (Å²) in [7, 11) is -3.25. The molecule has 0 fully saturated rings. The molecule has 2 aromatic rings. The number of aryl methyl sites for hydroxylation is 2. The van der Waals surface area contributed by atoms with Crippen LogP contribution in [-0.2, 0) is 16.0 Å². The van der Waals surface area contributed by atoms with Gasteiger partial charge in [0.25, 0.3) is 5.91 Å². The van der Waals surface area contributed by atoms with Gasteiger partial charge in [-0.25, -0.2) is 0 Å². The van der Waals surface area contributed by atoms with Crippen LogP contribution in [0.5, 0.6) is 11.5 Å². The molecule has 0 bridgehead atoms. The van der Waals surface area contributed by atoms with Gasteiger partial charge in [0.05, 0.1) is 17.0 Å². The summed E-state index contributed by atoms with van der Waals surface area (Å²) in [6, 6.07) is 2.50. The Morgan fingerprint density at radius 2 is 1.62 bits per heavy atom. The normalized spacial score (nSPS) is 26.1. The van der Waals surface area contributed by atoms with Gasteiger partial charge in [0, 0.05) is 16.0 Å². The zero-order valence-corrected chi connectivity index (χ0v) is 24.6. The highest BCUT2D eigenvalue weighted by Gasteiger charge is 2.66. The molecule has 5 rings (SSSR count). The summed E-state index contributed by atoms with van der Waals surface area (Å²) < 4.78 is 13.9. The third-order valence-electron chi connectivity index (χ3n) is 8.79. The molecular weight excluding hydrogens is 516 g/mol. The van der Waals surface area contributed by atoms with Gasteiger partial charge >= 0.3 is 8.56 Å². The predicted octanol–water partition coefficient (Wildman–Crippen LogP) is 3.56. The van der Waals surface area contributed by atoms with E-state index in [2.05, 4.69) is 41.5 Å². The molecule has 1 aliphatic heterocycles. The lowest BCUT2D eigenvalue weighted by atomic mass is 9.61. The summed E-state index contributed by atoms with van der Waals surface area (Å²) in [5.41, 5.74) is 10.4. The SMILES string of the molecule is Cc1ccc2c(C)c3c(c4c2c1O[Si](C(C)(C)C)(C(C)(C)C)O4)C(=O)[C@]1(O)C(O)=C(C(N)=O)C(=O)[C@H](N)[C@@H]1C3. The standard InChI is InChI=1S/C29H36N2O7Si/c1-12-9-10-14-13(2)15-11-16-20(30)21(32)19(26(31)35)25(34)29(16,36)24(33)18(15)23-17(14)22(12)37-39(38-23,27(3,4)5)28(6,7)8/h9-10,16,20,34,36H,11,30H2,1-8H3,(H2,31,35)/t16-,20+,29-/m0/s1. The van der Waals surface area contributed by atoms with Gasteiger partial charge in [-0.15, -0.1) is 0 Å². The molecule has 2 aromatic carbocycles. The molecule has 0 saturated carbocycles. The molecule has 208 valence electrons. The summed E-state index contributed by atoms with van der Waals surface area (Å²) in [6.07, 6.45) is 0.00235. The molecule has 0 saturated heterocycles. The zero-order chi connectivity index (χ0) is 29.2. The highest BCUT2D eigenvalue weighted by Crippen LogP contribution is 2.60. The van der Waals surface area contributed by atoms with E-state index >= 15 is 0 Å². The molecule has 10 heteroatoms. The fraction of sp³-hybridized carbons (Fsp3) is 0.483. The molecule has 1 amide bonds. The van der Waals surface area contributed by atoms with E-state index < -0.39 is 65.0 Å². The first-order valence-corrected chi connectivity index (χ1v) is 14.9. The van der Waals surface area contributed by atoms with Gasteiger partial charge in [-0.1, -0.05) is 53.7 Å². The number of rotatable bonds is 1. The molecule has 0 spiro atoms. The van der Waals surface area contributed by atoms with Gasteiger partial charge in [-0.2, -0.15) is 0 Å². The van der Waals surface area contributed by atoms with Crippen LogP contribution in [-0.4, -0.2) is 47.9 Å². The van der Waals surface area contributed by atoms with E-state index in [1.54, 1.807) is 0 Å². The summed E-state index contributed by atoms with van der Waals surface area (Å²) in [5.74, 6) is -4.38. The molecule has 2 aliphatic carbocycles. The van der Waals surface area contributed by atoms with Crippen molar-refractivity contribution < 1.29 is 33.4 Å². The van der Waals surface area contributed by atoms with Crippen LogP contribution in [0.4, 0.5) is 0 Å². The van der Waals surface area contributed by atoms with Crippen molar-refractivity contribution >= 4 is 36.8 Å². The van der Waals surface area contributed by atoms with E-state index in [9.17, 15) is 24.6 Å². The molecule has 6 N–H and O–H groups in total.